The molecule has 0 aliphatic carbocycles. The number of aliphatic hydroxyl groups excluding tert-OH is 1. The Morgan fingerprint density at radius 3 is 2.79 bits per heavy atom. The lowest BCUT2D eigenvalue weighted by Gasteiger charge is -2.29. The standard InChI is InChI=1S/C18H27NO5/c1-4-18(2)11-19(17(22)7-8-24-12-20)10-14(18)13-5-6-16(23-3)15(21)9-13/h5-6,9,14,20-21H,4,7-8,10-12H2,1-3H3/t14-,18+/m0/s1. The molecule has 1 aliphatic rings. The van der Waals surface area contributed by atoms with Crippen LogP contribution in [0.5, 0.6) is 11.5 Å². The number of phenols is 1. The van der Waals surface area contributed by atoms with Crippen LogP contribution in [-0.4, -0.2) is 54.6 Å². The monoisotopic (exact) mass is 337 g/mol. The van der Waals surface area contributed by atoms with Crippen molar-refractivity contribution in [1.82, 2.24) is 4.90 Å². The fraction of sp³-hybridized carbons (Fsp3) is 0.611. The van der Waals surface area contributed by atoms with E-state index in [2.05, 4.69) is 13.8 Å². The Balaban J connectivity index is 2.16. The normalized spacial score (nSPS) is 23.5. The molecule has 0 saturated carbocycles. The van der Waals surface area contributed by atoms with Crippen LogP contribution in [0.15, 0.2) is 18.2 Å². The van der Waals surface area contributed by atoms with E-state index in [0.717, 1.165) is 12.0 Å². The number of likely N-dealkylation sites (tertiary alicyclic amines) is 1. The Morgan fingerprint density at radius 1 is 1.46 bits per heavy atom. The van der Waals surface area contributed by atoms with Crippen LogP contribution in [0.2, 0.25) is 0 Å². The van der Waals surface area contributed by atoms with Gasteiger partial charge in [0.25, 0.3) is 0 Å². The van der Waals surface area contributed by atoms with E-state index in [1.54, 1.807) is 12.1 Å². The molecule has 6 heteroatoms. The van der Waals surface area contributed by atoms with Gasteiger partial charge in [-0.05, 0) is 29.5 Å². The van der Waals surface area contributed by atoms with Crippen molar-refractivity contribution in [2.45, 2.75) is 32.6 Å². The summed E-state index contributed by atoms with van der Waals surface area (Å²) in [6, 6.07) is 5.46. The molecule has 1 fully saturated rings. The third-order valence-corrected chi connectivity index (χ3v) is 5.11. The molecule has 1 amide bonds. The van der Waals surface area contributed by atoms with Crippen molar-refractivity contribution in [3.05, 3.63) is 23.8 Å². The van der Waals surface area contributed by atoms with E-state index in [0.29, 0.717) is 18.8 Å². The van der Waals surface area contributed by atoms with E-state index in [-0.39, 0.29) is 42.8 Å². The topological polar surface area (TPSA) is 79.2 Å². The number of aromatic hydroxyl groups is 1. The number of amides is 1. The molecule has 24 heavy (non-hydrogen) atoms. The first-order valence-corrected chi connectivity index (χ1v) is 8.28. The van der Waals surface area contributed by atoms with E-state index < -0.39 is 0 Å². The first-order valence-electron chi connectivity index (χ1n) is 8.28. The van der Waals surface area contributed by atoms with Gasteiger partial charge in [0, 0.05) is 19.0 Å². The van der Waals surface area contributed by atoms with E-state index in [1.807, 2.05) is 11.0 Å². The van der Waals surface area contributed by atoms with E-state index in [1.165, 1.54) is 7.11 Å². The lowest BCUT2D eigenvalue weighted by atomic mass is 9.74. The summed E-state index contributed by atoms with van der Waals surface area (Å²) in [7, 11) is 1.52. The minimum absolute atomic E-state index is 0.0309. The zero-order valence-corrected chi connectivity index (χ0v) is 14.6. The number of ether oxygens (including phenoxy) is 2. The van der Waals surface area contributed by atoms with Gasteiger partial charge in [-0.25, -0.2) is 0 Å². The fourth-order valence-electron chi connectivity index (χ4n) is 3.41. The molecule has 1 aromatic carbocycles. The molecule has 2 atom stereocenters. The minimum Gasteiger partial charge on any atom is -0.504 e. The number of nitrogens with zero attached hydrogens (tertiary/aromatic N) is 1. The lowest BCUT2D eigenvalue weighted by Crippen LogP contribution is -2.31. The largest absolute Gasteiger partial charge is 0.504 e. The number of aliphatic hydroxyl groups is 1. The molecule has 1 saturated heterocycles. The predicted octanol–water partition coefficient (Wildman–Crippen LogP) is 2.10. The van der Waals surface area contributed by atoms with Gasteiger partial charge in [-0.1, -0.05) is 19.9 Å². The second-order valence-corrected chi connectivity index (χ2v) is 6.55. The van der Waals surface area contributed by atoms with Gasteiger partial charge >= 0.3 is 0 Å². The number of hydrogen-bond acceptors (Lipinski definition) is 5. The molecule has 1 aliphatic heterocycles. The van der Waals surface area contributed by atoms with Gasteiger partial charge in [0.1, 0.15) is 6.79 Å². The molecule has 1 aromatic rings. The number of hydrogen-bond donors (Lipinski definition) is 2. The van der Waals surface area contributed by atoms with Crippen LogP contribution in [0, 0.1) is 5.41 Å². The zero-order chi connectivity index (χ0) is 17.7. The molecular formula is C18H27NO5. The minimum atomic E-state index is -0.367. The first kappa shape index (κ1) is 18.5. The highest BCUT2D eigenvalue weighted by atomic mass is 16.6. The van der Waals surface area contributed by atoms with Crippen molar-refractivity contribution >= 4 is 5.91 Å². The molecule has 0 spiro atoms. The molecule has 134 valence electrons. The number of methoxy groups -OCH3 is 1. The maximum Gasteiger partial charge on any atom is 0.224 e. The molecule has 2 rings (SSSR count). The van der Waals surface area contributed by atoms with Crippen LogP contribution in [0.25, 0.3) is 0 Å². The van der Waals surface area contributed by atoms with Gasteiger partial charge in [0.15, 0.2) is 11.5 Å². The van der Waals surface area contributed by atoms with Crippen molar-refractivity contribution < 1.29 is 24.5 Å². The van der Waals surface area contributed by atoms with Crippen LogP contribution in [0.1, 0.15) is 38.2 Å². The van der Waals surface area contributed by atoms with Crippen LogP contribution in [0.4, 0.5) is 0 Å². The van der Waals surface area contributed by atoms with E-state index >= 15 is 0 Å². The molecule has 0 radical (unpaired) electrons. The van der Waals surface area contributed by atoms with Crippen LogP contribution in [-0.2, 0) is 9.53 Å². The van der Waals surface area contributed by atoms with E-state index in [4.69, 9.17) is 14.6 Å². The number of carbonyl (C=O) groups is 1. The Hall–Kier alpha value is -1.79. The predicted molar refractivity (Wildman–Crippen MR) is 90.0 cm³/mol. The summed E-state index contributed by atoms with van der Waals surface area (Å²) < 4.78 is 9.96. The number of rotatable bonds is 7. The number of carbonyl (C=O) groups excluding carboxylic acids is 1. The SMILES string of the molecule is CC[C@]1(C)CN(C(=O)CCOCO)C[C@H]1c1ccc(OC)c(O)c1. The zero-order valence-electron chi connectivity index (χ0n) is 14.6. The molecule has 1 heterocycles. The lowest BCUT2D eigenvalue weighted by molar-refractivity contribution is -0.132. The second kappa shape index (κ2) is 7.85. The van der Waals surface area contributed by atoms with Gasteiger partial charge in [-0.2, -0.15) is 0 Å². The first-order chi connectivity index (χ1) is 11.4. The Morgan fingerprint density at radius 2 is 2.21 bits per heavy atom. The summed E-state index contributed by atoms with van der Waals surface area (Å²) in [4.78, 5) is 14.2. The molecule has 2 N–H and O–H groups in total. The van der Waals surface area contributed by atoms with Crippen LogP contribution in [0.3, 0.4) is 0 Å². The second-order valence-electron chi connectivity index (χ2n) is 6.55. The van der Waals surface area contributed by atoms with Gasteiger partial charge in [0.2, 0.25) is 5.91 Å². The van der Waals surface area contributed by atoms with Gasteiger partial charge in [-0.3, -0.25) is 4.79 Å². The third kappa shape index (κ3) is 3.82. The summed E-state index contributed by atoms with van der Waals surface area (Å²) in [6.07, 6.45) is 1.20. The van der Waals surface area contributed by atoms with Crippen molar-refractivity contribution in [2.24, 2.45) is 5.41 Å². The Labute approximate surface area is 143 Å². The summed E-state index contributed by atoms with van der Waals surface area (Å²) >= 11 is 0. The maximum absolute atomic E-state index is 12.4. The number of phenolic OH excluding ortho intramolecular Hbond substituents is 1. The number of benzene rings is 1. The van der Waals surface area contributed by atoms with Crippen LogP contribution >= 0.6 is 0 Å². The molecule has 0 unspecified atom stereocenters. The smallest absolute Gasteiger partial charge is 0.224 e. The summed E-state index contributed by atoms with van der Waals surface area (Å²) in [5.74, 6) is 0.754. The summed E-state index contributed by atoms with van der Waals surface area (Å²) in [5.41, 5.74) is 0.966. The highest BCUT2D eigenvalue weighted by Gasteiger charge is 2.44. The van der Waals surface area contributed by atoms with Crippen molar-refractivity contribution in [3.8, 4) is 11.5 Å². The fourth-order valence-corrected chi connectivity index (χ4v) is 3.41. The summed E-state index contributed by atoms with van der Waals surface area (Å²) in [6.45, 7) is 5.46. The van der Waals surface area contributed by atoms with E-state index in [9.17, 15) is 9.90 Å². The maximum atomic E-state index is 12.4. The highest BCUT2D eigenvalue weighted by molar-refractivity contribution is 5.77. The van der Waals surface area contributed by atoms with Crippen molar-refractivity contribution in [1.29, 1.82) is 0 Å². The average molecular weight is 337 g/mol. The van der Waals surface area contributed by atoms with Gasteiger partial charge < -0.3 is 24.6 Å². The molecular weight excluding hydrogens is 310 g/mol. The highest BCUT2D eigenvalue weighted by Crippen LogP contribution is 2.46. The quantitative estimate of drug-likeness (QED) is 0.588. The molecule has 0 bridgehead atoms. The average Bonchev–Trinajstić information content (AvgIpc) is 2.93. The Bertz CT molecular complexity index is 577. The van der Waals surface area contributed by atoms with Crippen molar-refractivity contribution in [3.63, 3.8) is 0 Å². The van der Waals surface area contributed by atoms with Crippen molar-refractivity contribution in [2.75, 3.05) is 33.6 Å². The van der Waals surface area contributed by atoms with Gasteiger partial charge in [-0.15, -0.1) is 0 Å². The third-order valence-electron chi connectivity index (χ3n) is 5.11. The Kier molecular flexibility index (Phi) is 6.07. The van der Waals surface area contributed by atoms with Gasteiger partial charge in [0.05, 0.1) is 20.1 Å². The summed E-state index contributed by atoms with van der Waals surface area (Å²) in [5, 5.41) is 18.7. The van der Waals surface area contributed by atoms with Crippen LogP contribution < -0.4 is 4.74 Å². The molecule has 6 nitrogen and oxygen atoms in total. The molecule has 0 aromatic heterocycles.